The summed E-state index contributed by atoms with van der Waals surface area (Å²) >= 11 is 0. The molecular formula is C19H33N. The second kappa shape index (κ2) is 7.26. The van der Waals surface area contributed by atoms with Gasteiger partial charge in [0, 0.05) is 6.04 Å². The van der Waals surface area contributed by atoms with Crippen molar-refractivity contribution in [2.45, 2.75) is 66.3 Å². The average Bonchev–Trinajstić information content (AvgIpc) is 2.39. The van der Waals surface area contributed by atoms with E-state index in [2.05, 4.69) is 79.0 Å². The summed E-state index contributed by atoms with van der Waals surface area (Å²) in [6.07, 6.45) is 0. The number of rotatable bonds is 6. The molecule has 1 heteroatoms. The standard InChI is InChI=1S/C19H33N/c1-12(2)15(7)19(20-8)17-10-9-16(13(3)4)11-18(17)14(5)6/h9-15,19-20H,1-8H3. The normalized spacial score (nSPS) is 15.2. The molecule has 0 spiro atoms. The summed E-state index contributed by atoms with van der Waals surface area (Å²) in [5, 5.41) is 3.54. The molecule has 0 aliphatic heterocycles. The van der Waals surface area contributed by atoms with Gasteiger partial charge in [-0.3, -0.25) is 0 Å². The maximum Gasteiger partial charge on any atom is 0.0348 e. The molecule has 1 aromatic rings. The molecule has 0 heterocycles. The van der Waals surface area contributed by atoms with Crippen LogP contribution in [0.5, 0.6) is 0 Å². The van der Waals surface area contributed by atoms with Gasteiger partial charge in [0.2, 0.25) is 0 Å². The van der Waals surface area contributed by atoms with E-state index in [0.717, 1.165) is 0 Å². The molecule has 1 rings (SSSR count). The van der Waals surface area contributed by atoms with E-state index in [9.17, 15) is 0 Å². The molecule has 0 radical (unpaired) electrons. The number of hydrogen-bond acceptors (Lipinski definition) is 1. The smallest absolute Gasteiger partial charge is 0.0348 e. The summed E-state index contributed by atoms with van der Waals surface area (Å²) < 4.78 is 0. The van der Waals surface area contributed by atoms with Crippen LogP contribution in [0.1, 0.15) is 83.0 Å². The molecule has 0 bridgehead atoms. The Balaban J connectivity index is 3.27. The molecule has 0 aliphatic rings. The van der Waals surface area contributed by atoms with Gasteiger partial charge < -0.3 is 5.32 Å². The summed E-state index contributed by atoms with van der Waals surface area (Å²) in [5.41, 5.74) is 4.43. The first-order valence-corrected chi connectivity index (χ1v) is 8.10. The van der Waals surface area contributed by atoms with E-state index in [0.29, 0.717) is 29.7 Å². The van der Waals surface area contributed by atoms with Crippen molar-refractivity contribution in [2.24, 2.45) is 11.8 Å². The maximum absolute atomic E-state index is 3.54. The van der Waals surface area contributed by atoms with Gasteiger partial charge in [-0.05, 0) is 47.4 Å². The Morgan fingerprint density at radius 3 is 1.80 bits per heavy atom. The van der Waals surface area contributed by atoms with Crippen LogP contribution in [0.4, 0.5) is 0 Å². The van der Waals surface area contributed by atoms with Crippen LogP contribution in [0.2, 0.25) is 0 Å². The topological polar surface area (TPSA) is 12.0 Å². The van der Waals surface area contributed by atoms with E-state index in [4.69, 9.17) is 0 Å². The number of benzene rings is 1. The highest BCUT2D eigenvalue weighted by Crippen LogP contribution is 2.34. The molecule has 1 aromatic carbocycles. The number of nitrogens with one attached hydrogen (secondary N) is 1. The van der Waals surface area contributed by atoms with Gasteiger partial charge >= 0.3 is 0 Å². The van der Waals surface area contributed by atoms with Gasteiger partial charge in [-0.1, -0.05) is 66.7 Å². The SMILES string of the molecule is CNC(c1ccc(C(C)C)cc1C(C)C)C(C)C(C)C. The second-order valence-corrected chi connectivity index (χ2v) is 7.07. The third kappa shape index (κ3) is 3.85. The van der Waals surface area contributed by atoms with E-state index < -0.39 is 0 Å². The van der Waals surface area contributed by atoms with Crippen molar-refractivity contribution in [2.75, 3.05) is 7.05 Å². The van der Waals surface area contributed by atoms with Crippen LogP contribution in [0, 0.1) is 11.8 Å². The van der Waals surface area contributed by atoms with Gasteiger partial charge in [-0.25, -0.2) is 0 Å². The summed E-state index contributed by atoms with van der Waals surface area (Å²) in [6, 6.07) is 7.52. The molecule has 0 amide bonds. The lowest BCUT2D eigenvalue weighted by molar-refractivity contribution is 0.315. The van der Waals surface area contributed by atoms with Gasteiger partial charge in [0.05, 0.1) is 0 Å². The third-order valence-corrected chi connectivity index (χ3v) is 4.62. The summed E-state index contributed by atoms with van der Waals surface area (Å²) in [4.78, 5) is 0. The Morgan fingerprint density at radius 1 is 0.800 bits per heavy atom. The van der Waals surface area contributed by atoms with Gasteiger partial charge in [-0.15, -0.1) is 0 Å². The molecule has 0 saturated carbocycles. The van der Waals surface area contributed by atoms with Crippen molar-refractivity contribution in [3.63, 3.8) is 0 Å². The van der Waals surface area contributed by atoms with Crippen LogP contribution in [-0.4, -0.2) is 7.05 Å². The monoisotopic (exact) mass is 275 g/mol. The molecule has 0 aliphatic carbocycles. The van der Waals surface area contributed by atoms with Crippen LogP contribution in [-0.2, 0) is 0 Å². The van der Waals surface area contributed by atoms with Crippen LogP contribution in [0.25, 0.3) is 0 Å². The van der Waals surface area contributed by atoms with Crippen LogP contribution < -0.4 is 5.32 Å². The molecular weight excluding hydrogens is 242 g/mol. The van der Waals surface area contributed by atoms with Crippen LogP contribution in [0.3, 0.4) is 0 Å². The minimum absolute atomic E-state index is 0.439. The molecule has 0 fully saturated rings. The number of hydrogen-bond donors (Lipinski definition) is 1. The Labute approximate surface area is 126 Å². The molecule has 114 valence electrons. The Hall–Kier alpha value is -0.820. The average molecular weight is 275 g/mol. The quantitative estimate of drug-likeness (QED) is 0.724. The Bertz CT molecular complexity index is 418. The lowest BCUT2D eigenvalue weighted by Gasteiger charge is -2.30. The lowest BCUT2D eigenvalue weighted by Crippen LogP contribution is -2.28. The molecule has 1 N–H and O–H groups in total. The van der Waals surface area contributed by atoms with Crippen molar-refractivity contribution < 1.29 is 0 Å². The minimum Gasteiger partial charge on any atom is -0.313 e. The van der Waals surface area contributed by atoms with E-state index in [-0.39, 0.29) is 0 Å². The Morgan fingerprint density at radius 2 is 1.40 bits per heavy atom. The second-order valence-electron chi connectivity index (χ2n) is 7.07. The lowest BCUT2D eigenvalue weighted by atomic mass is 9.81. The van der Waals surface area contributed by atoms with E-state index in [1.165, 1.54) is 16.7 Å². The fourth-order valence-corrected chi connectivity index (χ4v) is 2.82. The highest BCUT2D eigenvalue weighted by molar-refractivity contribution is 5.38. The first kappa shape index (κ1) is 17.2. The van der Waals surface area contributed by atoms with Gasteiger partial charge in [0.25, 0.3) is 0 Å². The highest BCUT2D eigenvalue weighted by atomic mass is 14.9. The van der Waals surface area contributed by atoms with Crippen molar-refractivity contribution in [1.82, 2.24) is 5.32 Å². The zero-order valence-electron chi connectivity index (χ0n) is 14.6. The van der Waals surface area contributed by atoms with Crippen molar-refractivity contribution in [3.8, 4) is 0 Å². The summed E-state index contributed by atoms with van der Waals surface area (Å²) in [7, 11) is 2.09. The first-order valence-electron chi connectivity index (χ1n) is 8.10. The highest BCUT2D eigenvalue weighted by Gasteiger charge is 2.23. The van der Waals surface area contributed by atoms with Crippen LogP contribution >= 0.6 is 0 Å². The zero-order chi connectivity index (χ0) is 15.4. The van der Waals surface area contributed by atoms with Gasteiger partial charge in [0.1, 0.15) is 0 Å². The minimum atomic E-state index is 0.439. The third-order valence-electron chi connectivity index (χ3n) is 4.62. The largest absolute Gasteiger partial charge is 0.313 e. The van der Waals surface area contributed by atoms with E-state index in [1.54, 1.807) is 0 Å². The Kier molecular flexibility index (Phi) is 6.26. The fraction of sp³-hybridized carbons (Fsp3) is 0.684. The zero-order valence-corrected chi connectivity index (χ0v) is 14.6. The van der Waals surface area contributed by atoms with E-state index in [1.807, 2.05) is 0 Å². The molecule has 0 saturated heterocycles. The van der Waals surface area contributed by atoms with Crippen molar-refractivity contribution in [1.29, 1.82) is 0 Å². The summed E-state index contributed by atoms with van der Waals surface area (Å²) in [6.45, 7) is 16.1. The van der Waals surface area contributed by atoms with Gasteiger partial charge in [0.15, 0.2) is 0 Å². The molecule has 1 nitrogen and oxygen atoms in total. The molecule has 2 unspecified atom stereocenters. The van der Waals surface area contributed by atoms with Crippen molar-refractivity contribution in [3.05, 3.63) is 34.9 Å². The predicted octanol–water partition coefficient (Wildman–Crippen LogP) is 5.49. The summed E-state index contributed by atoms with van der Waals surface area (Å²) in [5.74, 6) is 2.47. The predicted molar refractivity (Wildman–Crippen MR) is 90.4 cm³/mol. The molecule has 0 aromatic heterocycles. The fourth-order valence-electron chi connectivity index (χ4n) is 2.82. The molecule has 20 heavy (non-hydrogen) atoms. The molecule has 2 atom stereocenters. The maximum atomic E-state index is 3.54. The van der Waals surface area contributed by atoms with E-state index >= 15 is 0 Å². The van der Waals surface area contributed by atoms with Gasteiger partial charge in [-0.2, -0.15) is 0 Å². The first-order chi connectivity index (χ1) is 9.29. The van der Waals surface area contributed by atoms with Crippen LogP contribution in [0.15, 0.2) is 18.2 Å². The van der Waals surface area contributed by atoms with Crippen molar-refractivity contribution >= 4 is 0 Å².